The molecule has 0 aliphatic heterocycles. The van der Waals surface area contributed by atoms with Gasteiger partial charge in [0.2, 0.25) is 10.0 Å². The minimum absolute atomic E-state index is 0.0357. The van der Waals surface area contributed by atoms with Crippen LogP contribution in [0.2, 0.25) is 0 Å². The van der Waals surface area contributed by atoms with E-state index >= 15 is 0 Å². The van der Waals surface area contributed by atoms with Crippen molar-refractivity contribution in [1.82, 2.24) is 10.0 Å². The third-order valence-electron chi connectivity index (χ3n) is 3.23. The molecule has 0 aromatic rings. The van der Waals surface area contributed by atoms with Gasteiger partial charge in [-0.05, 0) is 32.2 Å². The molecule has 5 nitrogen and oxygen atoms in total. The molecule has 2 N–H and O–H groups in total. The first kappa shape index (κ1) is 15.9. The Hall–Kier alpha value is -0.170. The molecule has 0 spiro atoms. The summed E-state index contributed by atoms with van der Waals surface area (Å²) in [6, 6.07) is 0.353. The fourth-order valence-electron chi connectivity index (χ4n) is 2.29. The number of hydrogen-bond donors (Lipinski definition) is 2. The molecule has 6 heteroatoms. The van der Waals surface area contributed by atoms with E-state index in [2.05, 4.69) is 23.9 Å². The fraction of sp³-hybridized carbons (Fsp3) is 1.00. The molecule has 0 aromatic heterocycles. The molecule has 1 aliphatic carbocycles. The van der Waals surface area contributed by atoms with Crippen molar-refractivity contribution in [3.8, 4) is 0 Å². The Balaban J connectivity index is 2.30. The van der Waals surface area contributed by atoms with Crippen molar-refractivity contribution in [3.63, 3.8) is 0 Å². The number of sulfonamides is 1. The maximum atomic E-state index is 11.9. The van der Waals surface area contributed by atoms with Crippen LogP contribution < -0.4 is 10.0 Å². The SMILES string of the molecule is COC1CCCC1NS(=O)(=O)CCCNC(C)C. The van der Waals surface area contributed by atoms with Crippen molar-refractivity contribution in [2.45, 2.75) is 57.7 Å². The molecule has 0 aromatic carbocycles. The molecule has 1 fully saturated rings. The number of ether oxygens (including phenoxy) is 1. The van der Waals surface area contributed by atoms with E-state index in [4.69, 9.17) is 4.74 Å². The molecule has 2 unspecified atom stereocenters. The second kappa shape index (κ2) is 7.43. The predicted molar refractivity (Wildman–Crippen MR) is 73.1 cm³/mol. The Morgan fingerprint density at radius 1 is 1.33 bits per heavy atom. The summed E-state index contributed by atoms with van der Waals surface area (Å²) in [4.78, 5) is 0. The Morgan fingerprint density at radius 2 is 2.06 bits per heavy atom. The molecule has 1 aliphatic rings. The summed E-state index contributed by atoms with van der Waals surface area (Å²) in [5, 5.41) is 3.21. The average molecular weight is 278 g/mol. The van der Waals surface area contributed by atoms with E-state index in [9.17, 15) is 8.42 Å². The van der Waals surface area contributed by atoms with Gasteiger partial charge in [0.05, 0.1) is 11.9 Å². The van der Waals surface area contributed by atoms with Gasteiger partial charge in [0.15, 0.2) is 0 Å². The van der Waals surface area contributed by atoms with E-state index in [1.807, 2.05) is 0 Å². The summed E-state index contributed by atoms with van der Waals surface area (Å²) in [5.41, 5.74) is 0. The van der Waals surface area contributed by atoms with Crippen LogP contribution in [-0.4, -0.2) is 46.0 Å². The van der Waals surface area contributed by atoms with E-state index in [0.717, 1.165) is 25.8 Å². The minimum Gasteiger partial charge on any atom is -0.380 e. The molecule has 0 radical (unpaired) electrons. The predicted octanol–water partition coefficient (Wildman–Crippen LogP) is 0.861. The van der Waals surface area contributed by atoms with Gasteiger partial charge >= 0.3 is 0 Å². The van der Waals surface area contributed by atoms with Crippen LogP contribution in [0.5, 0.6) is 0 Å². The van der Waals surface area contributed by atoms with Gasteiger partial charge < -0.3 is 10.1 Å². The van der Waals surface area contributed by atoms with Gasteiger partial charge in [-0.15, -0.1) is 0 Å². The maximum Gasteiger partial charge on any atom is 0.211 e. The fourth-order valence-corrected chi connectivity index (χ4v) is 3.66. The van der Waals surface area contributed by atoms with E-state index in [1.54, 1.807) is 7.11 Å². The molecular weight excluding hydrogens is 252 g/mol. The third-order valence-corrected chi connectivity index (χ3v) is 4.72. The number of rotatable bonds is 8. The van der Waals surface area contributed by atoms with Crippen molar-refractivity contribution >= 4 is 10.0 Å². The lowest BCUT2D eigenvalue weighted by Gasteiger charge is -2.19. The molecule has 18 heavy (non-hydrogen) atoms. The maximum absolute atomic E-state index is 11.9. The molecule has 108 valence electrons. The normalized spacial score (nSPS) is 24.9. The van der Waals surface area contributed by atoms with E-state index < -0.39 is 10.0 Å². The first-order valence-electron chi connectivity index (χ1n) is 6.71. The number of hydrogen-bond acceptors (Lipinski definition) is 4. The van der Waals surface area contributed by atoms with E-state index in [0.29, 0.717) is 12.5 Å². The second-order valence-electron chi connectivity index (χ2n) is 5.21. The van der Waals surface area contributed by atoms with Crippen molar-refractivity contribution < 1.29 is 13.2 Å². The molecule has 1 saturated carbocycles. The highest BCUT2D eigenvalue weighted by Crippen LogP contribution is 2.22. The van der Waals surface area contributed by atoms with E-state index in [1.165, 1.54) is 0 Å². The molecule has 2 atom stereocenters. The lowest BCUT2D eigenvalue weighted by atomic mass is 10.2. The first-order chi connectivity index (χ1) is 8.44. The van der Waals surface area contributed by atoms with Crippen LogP contribution in [0, 0.1) is 0 Å². The molecule has 0 amide bonds. The zero-order valence-corrected chi connectivity index (χ0v) is 12.4. The summed E-state index contributed by atoms with van der Waals surface area (Å²) in [7, 11) is -1.53. The minimum atomic E-state index is -3.18. The molecular formula is C12H26N2O3S. The van der Waals surface area contributed by atoms with Crippen LogP contribution in [0.15, 0.2) is 0 Å². The summed E-state index contributed by atoms with van der Waals surface area (Å²) in [5.74, 6) is 0.180. The second-order valence-corrected chi connectivity index (χ2v) is 7.08. The first-order valence-corrected chi connectivity index (χ1v) is 8.36. The van der Waals surface area contributed by atoms with Crippen LogP contribution >= 0.6 is 0 Å². The van der Waals surface area contributed by atoms with Crippen molar-refractivity contribution in [2.24, 2.45) is 0 Å². The van der Waals surface area contributed by atoms with Crippen LogP contribution in [-0.2, 0) is 14.8 Å². The van der Waals surface area contributed by atoms with Crippen molar-refractivity contribution in [2.75, 3.05) is 19.4 Å². The topological polar surface area (TPSA) is 67.4 Å². The summed E-state index contributed by atoms with van der Waals surface area (Å²) in [6.45, 7) is 4.83. The Morgan fingerprint density at radius 3 is 2.67 bits per heavy atom. The van der Waals surface area contributed by atoms with Gasteiger partial charge in [0.1, 0.15) is 0 Å². The van der Waals surface area contributed by atoms with Gasteiger partial charge in [0.25, 0.3) is 0 Å². The lowest BCUT2D eigenvalue weighted by Crippen LogP contribution is -2.42. The standard InChI is InChI=1S/C12H26N2O3S/c1-10(2)13-8-5-9-18(15,16)14-11-6-4-7-12(11)17-3/h10-14H,4-9H2,1-3H3. The van der Waals surface area contributed by atoms with Crippen LogP contribution in [0.1, 0.15) is 39.5 Å². The lowest BCUT2D eigenvalue weighted by molar-refractivity contribution is 0.0916. The van der Waals surface area contributed by atoms with Gasteiger partial charge in [-0.1, -0.05) is 13.8 Å². The number of methoxy groups -OCH3 is 1. The van der Waals surface area contributed by atoms with E-state index in [-0.39, 0.29) is 17.9 Å². The quantitative estimate of drug-likeness (QED) is 0.646. The van der Waals surface area contributed by atoms with Crippen molar-refractivity contribution in [1.29, 1.82) is 0 Å². The smallest absolute Gasteiger partial charge is 0.211 e. The third kappa shape index (κ3) is 5.65. The van der Waals surface area contributed by atoms with Crippen LogP contribution in [0.4, 0.5) is 0 Å². The average Bonchev–Trinajstić information content (AvgIpc) is 2.70. The van der Waals surface area contributed by atoms with Crippen LogP contribution in [0.3, 0.4) is 0 Å². The highest BCUT2D eigenvalue weighted by Gasteiger charge is 2.30. The highest BCUT2D eigenvalue weighted by molar-refractivity contribution is 7.89. The molecule has 0 bridgehead atoms. The largest absolute Gasteiger partial charge is 0.380 e. The summed E-state index contributed by atoms with van der Waals surface area (Å²) in [6.07, 6.45) is 3.52. The highest BCUT2D eigenvalue weighted by atomic mass is 32.2. The van der Waals surface area contributed by atoms with Gasteiger partial charge in [-0.2, -0.15) is 0 Å². The van der Waals surface area contributed by atoms with Gasteiger partial charge in [-0.25, -0.2) is 13.1 Å². The van der Waals surface area contributed by atoms with Crippen molar-refractivity contribution in [3.05, 3.63) is 0 Å². The molecule has 0 heterocycles. The van der Waals surface area contributed by atoms with Gasteiger partial charge in [-0.3, -0.25) is 0 Å². The Bertz CT molecular complexity index is 330. The molecule has 1 rings (SSSR count). The molecule has 0 saturated heterocycles. The zero-order valence-electron chi connectivity index (χ0n) is 11.6. The zero-order chi connectivity index (χ0) is 13.6. The Kier molecular flexibility index (Phi) is 6.55. The van der Waals surface area contributed by atoms with Crippen LogP contribution in [0.25, 0.3) is 0 Å². The number of nitrogens with one attached hydrogen (secondary N) is 2. The summed E-state index contributed by atoms with van der Waals surface area (Å²) < 4.78 is 31.8. The Labute approximate surface area is 111 Å². The monoisotopic (exact) mass is 278 g/mol. The van der Waals surface area contributed by atoms with Gasteiger partial charge in [0, 0.05) is 19.2 Å². The summed E-state index contributed by atoms with van der Waals surface area (Å²) >= 11 is 0.